The minimum absolute atomic E-state index is 0.525. The zero-order valence-electron chi connectivity index (χ0n) is 13.5. The van der Waals surface area contributed by atoms with Crippen molar-refractivity contribution < 1.29 is 0 Å². The molecule has 120 valence electrons. The molecule has 2 rings (SSSR count). The van der Waals surface area contributed by atoms with E-state index in [9.17, 15) is 0 Å². The summed E-state index contributed by atoms with van der Waals surface area (Å²) in [5, 5.41) is 4.95. The molecule has 22 heavy (non-hydrogen) atoms. The normalized spacial score (nSPS) is 10.9. The lowest BCUT2D eigenvalue weighted by atomic mass is 10.2. The lowest BCUT2D eigenvalue weighted by molar-refractivity contribution is 0.766. The SMILES string of the molecule is CCCCSc1nc(N)cc(N(C)CCc2cnn(C)c2)n1. The zero-order valence-corrected chi connectivity index (χ0v) is 14.3. The predicted octanol–water partition coefficient (Wildman–Crippen LogP) is 2.36. The number of nitrogens with two attached hydrogens (primary N) is 1. The van der Waals surface area contributed by atoms with E-state index < -0.39 is 0 Å². The maximum absolute atomic E-state index is 5.91. The second-order valence-corrected chi connectivity index (χ2v) is 6.39. The molecule has 0 bridgehead atoms. The molecule has 0 amide bonds. The molecule has 0 aromatic carbocycles. The smallest absolute Gasteiger partial charge is 0.191 e. The molecule has 0 saturated carbocycles. The number of hydrogen-bond acceptors (Lipinski definition) is 6. The fourth-order valence-electron chi connectivity index (χ4n) is 2.01. The molecule has 2 N–H and O–H groups in total. The Kier molecular flexibility index (Phi) is 6.06. The maximum atomic E-state index is 5.91. The van der Waals surface area contributed by atoms with E-state index in [0.717, 1.165) is 36.1 Å². The highest BCUT2D eigenvalue weighted by molar-refractivity contribution is 7.99. The van der Waals surface area contributed by atoms with Crippen LogP contribution in [0.5, 0.6) is 0 Å². The van der Waals surface area contributed by atoms with Gasteiger partial charge in [0.1, 0.15) is 11.6 Å². The Bertz CT molecular complexity index is 597. The largest absolute Gasteiger partial charge is 0.383 e. The van der Waals surface area contributed by atoms with Crippen molar-refractivity contribution in [2.75, 3.05) is 30.0 Å². The molecule has 0 atom stereocenters. The van der Waals surface area contributed by atoms with Crippen LogP contribution in [-0.4, -0.2) is 39.1 Å². The van der Waals surface area contributed by atoms with Crippen LogP contribution in [0.3, 0.4) is 0 Å². The van der Waals surface area contributed by atoms with Gasteiger partial charge in [-0.05, 0) is 18.4 Å². The van der Waals surface area contributed by atoms with Crippen molar-refractivity contribution in [2.24, 2.45) is 7.05 Å². The van der Waals surface area contributed by atoms with E-state index in [1.807, 2.05) is 37.2 Å². The van der Waals surface area contributed by atoms with E-state index in [4.69, 9.17) is 5.73 Å². The molecule has 0 unspecified atom stereocenters. The first-order valence-electron chi connectivity index (χ1n) is 7.54. The topological polar surface area (TPSA) is 72.9 Å². The Morgan fingerprint density at radius 3 is 2.86 bits per heavy atom. The van der Waals surface area contributed by atoms with Crippen molar-refractivity contribution in [2.45, 2.75) is 31.3 Å². The summed E-state index contributed by atoms with van der Waals surface area (Å²) >= 11 is 1.67. The van der Waals surface area contributed by atoms with Crippen LogP contribution in [0, 0.1) is 0 Å². The van der Waals surface area contributed by atoms with Gasteiger partial charge < -0.3 is 10.6 Å². The fraction of sp³-hybridized carbons (Fsp3) is 0.533. The van der Waals surface area contributed by atoms with Crippen LogP contribution >= 0.6 is 11.8 Å². The monoisotopic (exact) mass is 320 g/mol. The highest BCUT2D eigenvalue weighted by Crippen LogP contribution is 2.21. The van der Waals surface area contributed by atoms with Crippen molar-refractivity contribution in [1.29, 1.82) is 0 Å². The second-order valence-electron chi connectivity index (χ2n) is 5.33. The van der Waals surface area contributed by atoms with E-state index >= 15 is 0 Å². The highest BCUT2D eigenvalue weighted by atomic mass is 32.2. The first kappa shape index (κ1) is 16.6. The number of aromatic nitrogens is 4. The summed E-state index contributed by atoms with van der Waals surface area (Å²) in [7, 11) is 3.96. The van der Waals surface area contributed by atoms with Crippen molar-refractivity contribution in [3.8, 4) is 0 Å². The quantitative estimate of drug-likeness (QED) is 0.457. The van der Waals surface area contributed by atoms with Gasteiger partial charge in [0.15, 0.2) is 5.16 Å². The molecular weight excluding hydrogens is 296 g/mol. The highest BCUT2D eigenvalue weighted by Gasteiger charge is 2.08. The van der Waals surface area contributed by atoms with E-state index in [1.165, 1.54) is 12.0 Å². The second kappa shape index (κ2) is 8.03. The summed E-state index contributed by atoms with van der Waals surface area (Å²) in [5.41, 5.74) is 7.12. The molecule has 0 fully saturated rings. The molecule has 6 nitrogen and oxygen atoms in total. The third-order valence-electron chi connectivity index (χ3n) is 3.33. The number of aryl methyl sites for hydroxylation is 1. The van der Waals surface area contributed by atoms with Gasteiger partial charge in [0, 0.05) is 38.7 Å². The van der Waals surface area contributed by atoms with Crippen LogP contribution in [0.15, 0.2) is 23.6 Å². The summed E-state index contributed by atoms with van der Waals surface area (Å²) in [4.78, 5) is 11.0. The van der Waals surface area contributed by atoms with Crippen LogP contribution in [0.1, 0.15) is 25.3 Å². The van der Waals surface area contributed by atoms with Crippen molar-refractivity contribution in [3.63, 3.8) is 0 Å². The Balaban J connectivity index is 1.97. The molecule has 0 saturated heterocycles. The van der Waals surface area contributed by atoms with Gasteiger partial charge in [-0.3, -0.25) is 4.68 Å². The Hall–Kier alpha value is -1.76. The Labute approximate surface area is 136 Å². The van der Waals surface area contributed by atoms with Crippen LogP contribution < -0.4 is 10.6 Å². The average Bonchev–Trinajstić information content (AvgIpc) is 2.90. The first-order chi connectivity index (χ1) is 10.6. The number of unbranched alkanes of at least 4 members (excludes halogenated alkanes) is 1. The van der Waals surface area contributed by atoms with Gasteiger partial charge in [-0.1, -0.05) is 25.1 Å². The first-order valence-corrected chi connectivity index (χ1v) is 8.53. The molecule has 0 aliphatic heterocycles. The van der Waals surface area contributed by atoms with E-state index in [1.54, 1.807) is 11.8 Å². The van der Waals surface area contributed by atoms with E-state index in [2.05, 4.69) is 26.9 Å². The number of likely N-dealkylation sites (N-methyl/N-ethyl adjacent to an activating group) is 1. The minimum atomic E-state index is 0.525. The predicted molar refractivity (Wildman–Crippen MR) is 92.3 cm³/mol. The number of hydrogen-bond donors (Lipinski definition) is 1. The lowest BCUT2D eigenvalue weighted by Crippen LogP contribution is -2.22. The number of thioether (sulfide) groups is 1. The average molecular weight is 320 g/mol. The summed E-state index contributed by atoms with van der Waals surface area (Å²) in [6.07, 6.45) is 7.19. The number of rotatable bonds is 8. The van der Waals surface area contributed by atoms with Crippen molar-refractivity contribution in [3.05, 3.63) is 24.0 Å². The lowest BCUT2D eigenvalue weighted by Gasteiger charge is -2.18. The van der Waals surface area contributed by atoms with Crippen LogP contribution in [0.25, 0.3) is 0 Å². The van der Waals surface area contributed by atoms with Crippen molar-refractivity contribution >= 4 is 23.4 Å². The van der Waals surface area contributed by atoms with E-state index in [0.29, 0.717) is 5.82 Å². The maximum Gasteiger partial charge on any atom is 0.191 e. The number of anilines is 2. The summed E-state index contributed by atoms with van der Waals surface area (Å²) < 4.78 is 1.82. The molecule has 2 heterocycles. The third kappa shape index (κ3) is 4.91. The Morgan fingerprint density at radius 1 is 1.36 bits per heavy atom. The minimum Gasteiger partial charge on any atom is -0.383 e. The molecule has 0 radical (unpaired) electrons. The molecular formula is C15H24N6S. The molecule has 2 aromatic heterocycles. The third-order valence-corrected chi connectivity index (χ3v) is 4.26. The molecule has 2 aromatic rings. The molecule has 0 spiro atoms. The molecule has 0 aliphatic carbocycles. The number of nitrogens with zero attached hydrogens (tertiary/aromatic N) is 5. The van der Waals surface area contributed by atoms with E-state index in [-0.39, 0.29) is 0 Å². The zero-order chi connectivity index (χ0) is 15.9. The van der Waals surface area contributed by atoms with Gasteiger partial charge in [-0.25, -0.2) is 9.97 Å². The van der Waals surface area contributed by atoms with Gasteiger partial charge in [-0.2, -0.15) is 5.10 Å². The molecule has 7 heteroatoms. The van der Waals surface area contributed by atoms with Crippen LogP contribution in [0.2, 0.25) is 0 Å². The number of nitrogen functional groups attached to an aromatic ring is 1. The molecule has 0 aliphatic rings. The van der Waals surface area contributed by atoms with Gasteiger partial charge in [-0.15, -0.1) is 0 Å². The standard InChI is InChI=1S/C15H24N6S/c1-4-5-8-22-15-18-13(16)9-14(19-15)20(2)7-6-12-10-17-21(3)11-12/h9-11H,4-8H2,1-3H3,(H2,16,18,19). The van der Waals surface area contributed by atoms with Crippen LogP contribution in [-0.2, 0) is 13.5 Å². The van der Waals surface area contributed by atoms with Crippen LogP contribution in [0.4, 0.5) is 11.6 Å². The van der Waals surface area contributed by atoms with Gasteiger partial charge in [0.2, 0.25) is 0 Å². The summed E-state index contributed by atoms with van der Waals surface area (Å²) in [6, 6.07) is 1.83. The Morgan fingerprint density at radius 2 is 2.18 bits per heavy atom. The van der Waals surface area contributed by atoms with Gasteiger partial charge in [0.05, 0.1) is 6.20 Å². The van der Waals surface area contributed by atoms with Gasteiger partial charge in [0.25, 0.3) is 0 Å². The van der Waals surface area contributed by atoms with Gasteiger partial charge >= 0.3 is 0 Å². The summed E-state index contributed by atoms with van der Waals surface area (Å²) in [5.74, 6) is 2.42. The summed E-state index contributed by atoms with van der Waals surface area (Å²) in [6.45, 7) is 3.04. The fourth-order valence-corrected chi connectivity index (χ4v) is 2.95. The van der Waals surface area contributed by atoms with Crippen molar-refractivity contribution in [1.82, 2.24) is 19.7 Å².